The first-order valence-electron chi connectivity index (χ1n) is 5.76. The van der Waals surface area contributed by atoms with Crippen molar-refractivity contribution in [2.75, 3.05) is 6.61 Å². The lowest BCUT2D eigenvalue weighted by atomic mass is 10.1. The molecule has 1 aromatic carbocycles. The van der Waals surface area contributed by atoms with Crippen molar-refractivity contribution in [2.45, 2.75) is 38.9 Å². The van der Waals surface area contributed by atoms with Crippen molar-refractivity contribution in [3.63, 3.8) is 0 Å². The van der Waals surface area contributed by atoms with Gasteiger partial charge in [0.2, 0.25) is 0 Å². The number of aliphatic hydroxyl groups excluding tert-OH is 2. The minimum Gasteiger partial charge on any atom is -0.491 e. The highest BCUT2D eigenvalue weighted by Crippen LogP contribution is 2.19. The molecule has 3 nitrogen and oxygen atoms in total. The zero-order valence-corrected chi connectivity index (χ0v) is 9.89. The molecule has 0 aromatic heterocycles. The molecule has 0 radical (unpaired) electrons. The third-order valence-electron chi connectivity index (χ3n) is 2.57. The van der Waals surface area contributed by atoms with Gasteiger partial charge < -0.3 is 14.9 Å². The molecule has 3 heteroatoms. The summed E-state index contributed by atoms with van der Waals surface area (Å²) in [6, 6.07) is 7.33. The maximum Gasteiger partial charge on any atom is 0.119 e. The fourth-order valence-corrected chi connectivity index (χ4v) is 1.33. The second-order valence-electron chi connectivity index (χ2n) is 3.87. The topological polar surface area (TPSA) is 49.7 Å². The lowest BCUT2D eigenvalue weighted by molar-refractivity contribution is 0.104. The number of hydrogen-bond acceptors (Lipinski definition) is 3. The average Bonchev–Trinajstić information content (AvgIpc) is 2.35. The third-order valence-corrected chi connectivity index (χ3v) is 2.57. The summed E-state index contributed by atoms with van der Waals surface area (Å²) in [6.45, 7) is 4.16. The first-order valence-corrected chi connectivity index (χ1v) is 5.76. The van der Waals surface area contributed by atoms with Crippen molar-refractivity contribution in [1.29, 1.82) is 0 Å². The highest BCUT2D eigenvalue weighted by Gasteiger charge is 2.05. The van der Waals surface area contributed by atoms with Crippen LogP contribution in [0.1, 0.15) is 38.4 Å². The standard InChI is InChI=1S/C13H20O3/c1-3-11(14)9-16-12-7-5-10(6-8-12)13(15)4-2/h5-8,11,13-15H,3-4,9H2,1-2H3. The van der Waals surface area contributed by atoms with E-state index in [1.165, 1.54) is 0 Å². The Morgan fingerprint density at radius 1 is 1.06 bits per heavy atom. The monoisotopic (exact) mass is 224 g/mol. The van der Waals surface area contributed by atoms with E-state index in [4.69, 9.17) is 4.74 Å². The Labute approximate surface area is 96.7 Å². The molecule has 0 saturated heterocycles. The summed E-state index contributed by atoms with van der Waals surface area (Å²) in [6.07, 6.45) is 0.567. The molecule has 0 aliphatic rings. The summed E-state index contributed by atoms with van der Waals surface area (Å²) in [4.78, 5) is 0. The minimum absolute atomic E-state index is 0.312. The molecule has 2 atom stereocenters. The van der Waals surface area contributed by atoms with Crippen LogP contribution in [0.3, 0.4) is 0 Å². The fourth-order valence-electron chi connectivity index (χ4n) is 1.33. The SMILES string of the molecule is CCC(O)COc1ccc(C(O)CC)cc1. The van der Waals surface area contributed by atoms with Crippen LogP contribution >= 0.6 is 0 Å². The van der Waals surface area contributed by atoms with E-state index < -0.39 is 12.2 Å². The largest absolute Gasteiger partial charge is 0.491 e. The molecule has 2 N–H and O–H groups in total. The van der Waals surface area contributed by atoms with Gasteiger partial charge in [-0.15, -0.1) is 0 Å². The van der Waals surface area contributed by atoms with E-state index in [2.05, 4.69) is 0 Å². The summed E-state index contributed by atoms with van der Waals surface area (Å²) in [5.41, 5.74) is 0.894. The first kappa shape index (κ1) is 13.0. The van der Waals surface area contributed by atoms with Crippen LogP contribution in [-0.2, 0) is 0 Å². The van der Waals surface area contributed by atoms with Crippen molar-refractivity contribution in [3.8, 4) is 5.75 Å². The van der Waals surface area contributed by atoms with E-state index in [0.717, 1.165) is 11.3 Å². The molecule has 1 aromatic rings. The molecule has 0 bridgehead atoms. The molecule has 90 valence electrons. The van der Waals surface area contributed by atoms with E-state index >= 15 is 0 Å². The highest BCUT2D eigenvalue weighted by atomic mass is 16.5. The zero-order valence-electron chi connectivity index (χ0n) is 9.89. The van der Waals surface area contributed by atoms with Crippen LogP contribution in [0.4, 0.5) is 0 Å². The van der Waals surface area contributed by atoms with Gasteiger partial charge in [-0.25, -0.2) is 0 Å². The van der Waals surface area contributed by atoms with E-state index in [0.29, 0.717) is 19.4 Å². The molecule has 0 spiro atoms. The van der Waals surface area contributed by atoms with Gasteiger partial charge in [0.05, 0.1) is 12.2 Å². The Hall–Kier alpha value is -1.06. The third kappa shape index (κ3) is 3.83. The van der Waals surface area contributed by atoms with Crippen LogP contribution in [0.2, 0.25) is 0 Å². The van der Waals surface area contributed by atoms with Crippen LogP contribution in [0.5, 0.6) is 5.75 Å². The Balaban J connectivity index is 2.51. The zero-order chi connectivity index (χ0) is 12.0. The van der Waals surface area contributed by atoms with Crippen LogP contribution in [0, 0.1) is 0 Å². The van der Waals surface area contributed by atoms with E-state index in [1.54, 1.807) is 0 Å². The molecular weight excluding hydrogens is 204 g/mol. The van der Waals surface area contributed by atoms with Gasteiger partial charge in [0, 0.05) is 0 Å². The second-order valence-corrected chi connectivity index (χ2v) is 3.87. The molecule has 1 rings (SSSR count). The number of hydrogen-bond donors (Lipinski definition) is 2. The second kappa shape index (κ2) is 6.51. The molecule has 0 heterocycles. The minimum atomic E-state index is -0.416. The van der Waals surface area contributed by atoms with Gasteiger partial charge >= 0.3 is 0 Å². The van der Waals surface area contributed by atoms with Gasteiger partial charge in [0.25, 0.3) is 0 Å². The van der Waals surface area contributed by atoms with Gasteiger partial charge in [-0.1, -0.05) is 26.0 Å². The summed E-state index contributed by atoms with van der Waals surface area (Å²) in [5, 5.41) is 18.9. The molecule has 0 amide bonds. The van der Waals surface area contributed by atoms with Crippen LogP contribution in [-0.4, -0.2) is 22.9 Å². The highest BCUT2D eigenvalue weighted by molar-refractivity contribution is 5.28. The van der Waals surface area contributed by atoms with Crippen LogP contribution < -0.4 is 4.74 Å². The van der Waals surface area contributed by atoms with Crippen molar-refractivity contribution in [3.05, 3.63) is 29.8 Å². The molecule has 2 unspecified atom stereocenters. The summed E-state index contributed by atoms with van der Waals surface area (Å²) in [5.74, 6) is 0.722. The Morgan fingerprint density at radius 2 is 1.69 bits per heavy atom. The van der Waals surface area contributed by atoms with Crippen LogP contribution in [0.25, 0.3) is 0 Å². The van der Waals surface area contributed by atoms with E-state index in [9.17, 15) is 10.2 Å². The number of rotatable bonds is 6. The Bertz CT molecular complexity index is 295. The van der Waals surface area contributed by atoms with Gasteiger partial charge in [-0.2, -0.15) is 0 Å². The molecule has 0 saturated carbocycles. The number of aliphatic hydroxyl groups is 2. The van der Waals surface area contributed by atoms with Gasteiger partial charge in [-0.05, 0) is 30.5 Å². The average molecular weight is 224 g/mol. The molecule has 16 heavy (non-hydrogen) atoms. The van der Waals surface area contributed by atoms with Crippen molar-refractivity contribution < 1.29 is 14.9 Å². The smallest absolute Gasteiger partial charge is 0.119 e. The molecule has 0 aliphatic heterocycles. The number of ether oxygens (including phenoxy) is 1. The summed E-state index contributed by atoms with van der Waals surface area (Å²) < 4.78 is 5.40. The van der Waals surface area contributed by atoms with Crippen LogP contribution in [0.15, 0.2) is 24.3 Å². The van der Waals surface area contributed by atoms with Crippen molar-refractivity contribution in [1.82, 2.24) is 0 Å². The van der Waals surface area contributed by atoms with Crippen molar-refractivity contribution in [2.24, 2.45) is 0 Å². The number of benzene rings is 1. The summed E-state index contributed by atoms with van der Waals surface area (Å²) in [7, 11) is 0. The lowest BCUT2D eigenvalue weighted by Gasteiger charge is -2.12. The lowest BCUT2D eigenvalue weighted by Crippen LogP contribution is -2.15. The molecule has 0 fully saturated rings. The molecular formula is C13H20O3. The maximum atomic E-state index is 9.60. The quantitative estimate of drug-likeness (QED) is 0.779. The normalized spacial score (nSPS) is 14.5. The van der Waals surface area contributed by atoms with Gasteiger partial charge in [-0.3, -0.25) is 0 Å². The summed E-state index contributed by atoms with van der Waals surface area (Å²) >= 11 is 0. The predicted octanol–water partition coefficient (Wildman–Crippen LogP) is 2.28. The van der Waals surface area contributed by atoms with E-state index in [1.807, 2.05) is 38.1 Å². The van der Waals surface area contributed by atoms with Gasteiger partial charge in [0.15, 0.2) is 0 Å². The predicted molar refractivity (Wildman–Crippen MR) is 63.5 cm³/mol. The van der Waals surface area contributed by atoms with Gasteiger partial charge in [0.1, 0.15) is 12.4 Å². The van der Waals surface area contributed by atoms with Crippen molar-refractivity contribution >= 4 is 0 Å². The fraction of sp³-hybridized carbons (Fsp3) is 0.538. The van der Waals surface area contributed by atoms with E-state index in [-0.39, 0.29) is 0 Å². The Morgan fingerprint density at radius 3 is 2.19 bits per heavy atom. The maximum absolute atomic E-state index is 9.60. The first-order chi connectivity index (χ1) is 7.67. The molecule has 0 aliphatic carbocycles. The Kier molecular flexibility index (Phi) is 5.29.